The van der Waals surface area contributed by atoms with Crippen LogP contribution in [0.15, 0.2) is 22.3 Å². The summed E-state index contributed by atoms with van der Waals surface area (Å²) in [5.74, 6) is 0.986. The monoisotopic (exact) mass is 193 g/mol. The van der Waals surface area contributed by atoms with Crippen LogP contribution in [0.2, 0.25) is 0 Å². The second kappa shape index (κ2) is 5.66. The lowest BCUT2D eigenvalue weighted by Crippen LogP contribution is -2.15. The number of hydrogen-bond donors (Lipinski definition) is 1. The molecule has 78 valence electrons. The van der Waals surface area contributed by atoms with Crippen molar-refractivity contribution in [3.05, 3.63) is 29.2 Å². The van der Waals surface area contributed by atoms with E-state index in [1.807, 2.05) is 6.07 Å². The molecule has 1 N–H and O–H groups in total. The lowest BCUT2D eigenvalue weighted by atomic mass is 10.1. The molecule has 0 aliphatic carbocycles. The van der Waals surface area contributed by atoms with Crippen LogP contribution in [0.25, 0.3) is 6.08 Å². The Morgan fingerprint density at radius 2 is 2.29 bits per heavy atom. The maximum absolute atomic E-state index is 5.37. The van der Waals surface area contributed by atoms with Gasteiger partial charge in [-0.15, -0.1) is 0 Å². The molecule has 0 aromatic carbocycles. The molecule has 0 saturated heterocycles. The Bertz CT molecular complexity index is 299. The van der Waals surface area contributed by atoms with Gasteiger partial charge in [-0.3, -0.25) is 0 Å². The van der Waals surface area contributed by atoms with Gasteiger partial charge in [-0.2, -0.15) is 0 Å². The van der Waals surface area contributed by atoms with E-state index in [4.69, 9.17) is 4.42 Å². The molecule has 14 heavy (non-hydrogen) atoms. The molecule has 2 heteroatoms. The Hall–Kier alpha value is -1.02. The van der Waals surface area contributed by atoms with E-state index in [1.165, 1.54) is 11.1 Å². The highest BCUT2D eigenvalue weighted by atomic mass is 16.3. The van der Waals surface area contributed by atoms with Crippen LogP contribution in [0.1, 0.15) is 31.6 Å². The van der Waals surface area contributed by atoms with Crippen molar-refractivity contribution in [3.8, 4) is 0 Å². The van der Waals surface area contributed by atoms with Crippen LogP contribution in [-0.2, 0) is 0 Å². The molecule has 2 nitrogen and oxygen atoms in total. The van der Waals surface area contributed by atoms with Crippen molar-refractivity contribution in [2.24, 2.45) is 0 Å². The first-order chi connectivity index (χ1) is 6.77. The second-order valence-electron chi connectivity index (χ2n) is 3.40. The van der Waals surface area contributed by atoms with Crippen molar-refractivity contribution in [1.82, 2.24) is 5.32 Å². The molecule has 0 spiro atoms. The van der Waals surface area contributed by atoms with Crippen molar-refractivity contribution >= 4 is 6.08 Å². The maximum atomic E-state index is 5.37. The van der Waals surface area contributed by atoms with Crippen molar-refractivity contribution in [3.63, 3.8) is 0 Å². The van der Waals surface area contributed by atoms with E-state index in [9.17, 15) is 0 Å². The summed E-state index contributed by atoms with van der Waals surface area (Å²) in [6.45, 7) is 8.31. The molecular formula is C12H19NO. The third-order valence-corrected chi connectivity index (χ3v) is 2.29. The summed E-state index contributed by atoms with van der Waals surface area (Å²) in [7, 11) is 0. The fourth-order valence-corrected chi connectivity index (χ4v) is 1.28. The van der Waals surface area contributed by atoms with E-state index >= 15 is 0 Å². The van der Waals surface area contributed by atoms with E-state index in [1.54, 1.807) is 6.26 Å². The highest BCUT2D eigenvalue weighted by molar-refractivity contribution is 5.51. The minimum absolute atomic E-state index is 0.952. The molecule has 0 unspecified atom stereocenters. The minimum Gasteiger partial charge on any atom is -0.465 e. The standard InChI is InChI=1S/C12H19NO/c1-4-11(9-13-5-2)8-12-10(3)6-7-14-12/h6-8,13H,4-5,9H2,1-3H3/b11-8+. The van der Waals surface area contributed by atoms with Crippen molar-refractivity contribution in [1.29, 1.82) is 0 Å². The predicted molar refractivity (Wildman–Crippen MR) is 60.3 cm³/mol. The molecule has 0 amide bonds. The average Bonchev–Trinajstić information content (AvgIpc) is 2.59. The van der Waals surface area contributed by atoms with Crippen LogP contribution < -0.4 is 5.32 Å². The summed E-state index contributed by atoms with van der Waals surface area (Å²) in [6.07, 6.45) is 4.94. The maximum Gasteiger partial charge on any atom is 0.129 e. The van der Waals surface area contributed by atoms with E-state index in [-0.39, 0.29) is 0 Å². The van der Waals surface area contributed by atoms with Crippen molar-refractivity contribution < 1.29 is 4.42 Å². The summed E-state index contributed by atoms with van der Waals surface area (Å²) in [4.78, 5) is 0. The van der Waals surface area contributed by atoms with Crippen LogP contribution in [0.4, 0.5) is 0 Å². The van der Waals surface area contributed by atoms with Crippen LogP contribution >= 0.6 is 0 Å². The Morgan fingerprint density at radius 3 is 2.79 bits per heavy atom. The van der Waals surface area contributed by atoms with Gasteiger partial charge < -0.3 is 9.73 Å². The summed E-state index contributed by atoms with van der Waals surface area (Å²) in [6, 6.07) is 1.99. The quantitative estimate of drug-likeness (QED) is 0.777. The van der Waals surface area contributed by atoms with E-state index in [2.05, 4.69) is 32.2 Å². The second-order valence-corrected chi connectivity index (χ2v) is 3.40. The van der Waals surface area contributed by atoms with Crippen LogP contribution in [-0.4, -0.2) is 13.1 Å². The van der Waals surface area contributed by atoms with Gasteiger partial charge in [0.15, 0.2) is 0 Å². The predicted octanol–water partition coefficient (Wildman–Crippen LogP) is 2.99. The average molecular weight is 193 g/mol. The molecule has 0 saturated carbocycles. The van der Waals surface area contributed by atoms with Gasteiger partial charge in [-0.25, -0.2) is 0 Å². The molecular weight excluding hydrogens is 174 g/mol. The fourth-order valence-electron chi connectivity index (χ4n) is 1.28. The number of aryl methyl sites for hydroxylation is 1. The first-order valence-electron chi connectivity index (χ1n) is 5.22. The molecule has 0 bridgehead atoms. The Balaban J connectivity index is 2.68. The largest absolute Gasteiger partial charge is 0.465 e. The molecule has 1 aromatic heterocycles. The van der Waals surface area contributed by atoms with E-state index in [0.717, 1.165) is 25.3 Å². The van der Waals surface area contributed by atoms with Crippen LogP contribution in [0.5, 0.6) is 0 Å². The third-order valence-electron chi connectivity index (χ3n) is 2.29. The third kappa shape index (κ3) is 3.04. The van der Waals surface area contributed by atoms with Crippen molar-refractivity contribution in [2.45, 2.75) is 27.2 Å². The number of hydrogen-bond acceptors (Lipinski definition) is 2. The molecule has 0 radical (unpaired) electrons. The summed E-state index contributed by atoms with van der Waals surface area (Å²) >= 11 is 0. The summed E-state index contributed by atoms with van der Waals surface area (Å²) in [5.41, 5.74) is 2.58. The number of rotatable bonds is 5. The molecule has 0 fully saturated rings. The van der Waals surface area contributed by atoms with Gasteiger partial charge in [0.1, 0.15) is 5.76 Å². The lowest BCUT2D eigenvalue weighted by molar-refractivity contribution is 0.554. The first kappa shape index (κ1) is 11.1. The topological polar surface area (TPSA) is 25.2 Å². The van der Waals surface area contributed by atoms with Crippen molar-refractivity contribution in [2.75, 3.05) is 13.1 Å². The summed E-state index contributed by atoms with van der Waals surface area (Å²) < 4.78 is 5.37. The zero-order valence-corrected chi connectivity index (χ0v) is 9.26. The van der Waals surface area contributed by atoms with Gasteiger partial charge in [0.2, 0.25) is 0 Å². The fraction of sp³-hybridized carbons (Fsp3) is 0.500. The SMILES string of the molecule is CCNC/C(=C/c1occc1C)CC. The highest BCUT2D eigenvalue weighted by Gasteiger charge is 2.00. The zero-order valence-electron chi connectivity index (χ0n) is 9.26. The smallest absolute Gasteiger partial charge is 0.129 e. The number of furan rings is 1. The molecule has 0 aliphatic rings. The van der Waals surface area contributed by atoms with Gasteiger partial charge in [0.05, 0.1) is 6.26 Å². The minimum atomic E-state index is 0.952. The van der Waals surface area contributed by atoms with Gasteiger partial charge in [0.25, 0.3) is 0 Å². The molecule has 1 rings (SSSR count). The summed E-state index contributed by atoms with van der Waals surface area (Å²) in [5, 5.41) is 3.32. The Labute approximate surface area is 86.0 Å². The molecule has 1 heterocycles. The van der Waals surface area contributed by atoms with Gasteiger partial charge in [0, 0.05) is 6.54 Å². The number of nitrogens with one attached hydrogen (secondary N) is 1. The first-order valence-corrected chi connectivity index (χ1v) is 5.22. The number of likely N-dealkylation sites (N-methyl/N-ethyl adjacent to an activating group) is 1. The Kier molecular flexibility index (Phi) is 4.47. The van der Waals surface area contributed by atoms with Gasteiger partial charge >= 0.3 is 0 Å². The van der Waals surface area contributed by atoms with Crippen LogP contribution in [0, 0.1) is 6.92 Å². The zero-order chi connectivity index (χ0) is 10.4. The van der Waals surface area contributed by atoms with Crippen LogP contribution in [0.3, 0.4) is 0 Å². The van der Waals surface area contributed by atoms with E-state index in [0.29, 0.717) is 0 Å². The molecule has 0 atom stereocenters. The van der Waals surface area contributed by atoms with Gasteiger partial charge in [-0.1, -0.05) is 19.4 Å². The molecule has 1 aromatic rings. The van der Waals surface area contributed by atoms with E-state index < -0.39 is 0 Å². The molecule has 0 aliphatic heterocycles. The highest BCUT2D eigenvalue weighted by Crippen LogP contribution is 2.14. The van der Waals surface area contributed by atoms with Gasteiger partial charge in [-0.05, 0) is 37.6 Å². The normalized spacial score (nSPS) is 12.1. The lowest BCUT2D eigenvalue weighted by Gasteiger charge is -2.04. The Morgan fingerprint density at radius 1 is 1.50 bits per heavy atom.